The highest BCUT2D eigenvalue weighted by molar-refractivity contribution is 6.09. The minimum atomic E-state index is -0.336. The van der Waals surface area contributed by atoms with E-state index in [1.807, 2.05) is 32.0 Å². The minimum Gasteiger partial charge on any atom is -0.493 e. The Labute approximate surface area is 172 Å². The van der Waals surface area contributed by atoms with Gasteiger partial charge in [-0.15, -0.1) is 0 Å². The van der Waals surface area contributed by atoms with Gasteiger partial charge in [-0.1, -0.05) is 6.07 Å². The summed E-state index contributed by atoms with van der Waals surface area (Å²) in [6.45, 7) is 3.95. The number of nitrogens with zero attached hydrogens (tertiary/aromatic N) is 1. The molecule has 1 aromatic rings. The predicted octanol–water partition coefficient (Wildman–Crippen LogP) is 5.00. The van der Waals surface area contributed by atoms with Crippen molar-refractivity contribution >= 4 is 17.9 Å². The van der Waals surface area contributed by atoms with Gasteiger partial charge in [-0.2, -0.15) is 0 Å². The Morgan fingerprint density at radius 3 is 2.34 bits per heavy atom. The van der Waals surface area contributed by atoms with Crippen LogP contribution < -0.4 is 9.47 Å². The van der Waals surface area contributed by atoms with Crippen molar-refractivity contribution in [1.82, 2.24) is 0 Å². The summed E-state index contributed by atoms with van der Waals surface area (Å²) in [5.74, 6) is 4.04. The molecule has 0 saturated heterocycles. The Hall–Kier alpha value is -2.30. The number of hydrogen-bond donors (Lipinski definition) is 0. The van der Waals surface area contributed by atoms with E-state index in [0.29, 0.717) is 23.1 Å². The molecular formula is C24H29NO4. The summed E-state index contributed by atoms with van der Waals surface area (Å²) in [6, 6.07) is 5.66. The van der Waals surface area contributed by atoms with E-state index < -0.39 is 0 Å². The number of hydrogen-bond acceptors (Lipinski definition) is 5. The van der Waals surface area contributed by atoms with Crippen molar-refractivity contribution in [2.45, 2.75) is 58.5 Å². The van der Waals surface area contributed by atoms with Crippen LogP contribution >= 0.6 is 0 Å². The summed E-state index contributed by atoms with van der Waals surface area (Å²) in [7, 11) is 1.62. The van der Waals surface area contributed by atoms with Crippen molar-refractivity contribution < 1.29 is 19.0 Å². The lowest BCUT2D eigenvalue weighted by Gasteiger charge is -2.55. The summed E-state index contributed by atoms with van der Waals surface area (Å²) in [5, 5.41) is 0. The lowest BCUT2D eigenvalue weighted by molar-refractivity contribution is -0.131. The molecule has 4 aliphatic carbocycles. The standard InChI is InChI=1S/C24H29NO4/c1-14(2)28-20-5-4-15(10-21(20)27-3)9-19-22(26)29-23(25-19)24-11-16-6-17(12-24)8-18(7-16)13-24/h4-5,9-10,14,16-18H,6-8,11-13H2,1-3H3/b19-9-. The number of methoxy groups -OCH3 is 1. The van der Waals surface area contributed by atoms with E-state index in [2.05, 4.69) is 0 Å². The summed E-state index contributed by atoms with van der Waals surface area (Å²) in [5.41, 5.74) is 1.22. The van der Waals surface area contributed by atoms with Gasteiger partial charge in [0.25, 0.3) is 0 Å². The average molecular weight is 395 g/mol. The average Bonchev–Trinajstić information content (AvgIpc) is 3.03. The molecule has 4 bridgehead atoms. The van der Waals surface area contributed by atoms with Crippen molar-refractivity contribution in [1.29, 1.82) is 0 Å². The fraction of sp³-hybridized carbons (Fsp3) is 0.583. The second kappa shape index (κ2) is 6.89. The Bertz CT molecular complexity index is 863. The van der Waals surface area contributed by atoms with Crippen LogP contribution in [0, 0.1) is 23.2 Å². The molecule has 29 heavy (non-hydrogen) atoms. The highest BCUT2D eigenvalue weighted by Gasteiger charge is 2.55. The fourth-order valence-electron chi connectivity index (χ4n) is 6.29. The molecule has 0 N–H and O–H groups in total. The van der Waals surface area contributed by atoms with Gasteiger partial charge < -0.3 is 14.2 Å². The van der Waals surface area contributed by atoms with Crippen LogP contribution in [0.25, 0.3) is 6.08 Å². The topological polar surface area (TPSA) is 57.1 Å². The number of aliphatic imine (C=N–C) groups is 1. The van der Waals surface area contributed by atoms with E-state index in [1.54, 1.807) is 13.2 Å². The maximum atomic E-state index is 12.6. The summed E-state index contributed by atoms with van der Waals surface area (Å²) in [4.78, 5) is 17.3. The third-order valence-corrected chi connectivity index (χ3v) is 6.97. The van der Waals surface area contributed by atoms with Crippen LogP contribution in [0.1, 0.15) is 57.9 Å². The number of carbonyl (C=O) groups excluding carboxylic acids is 1. The van der Waals surface area contributed by atoms with Crippen molar-refractivity contribution in [3.63, 3.8) is 0 Å². The lowest BCUT2D eigenvalue weighted by Crippen LogP contribution is -2.50. The molecule has 5 heteroatoms. The van der Waals surface area contributed by atoms with Gasteiger partial charge in [-0.3, -0.25) is 0 Å². The van der Waals surface area contributed by atoms with E-state index in [9.17, 15) is 4.79 Å². The summed E-state index contributed by atoms with van der Waals surface area (Å²) in [6.07, 6.45) is 9.31. The zero-order valence-corrected chi connectivity index (χ0v) is 17.4. The summed E-state index contributed by atoms with van der Waals surface area (Å²) < 4.78 is 17.0. The van der Waals surface area contributed by atoms with Crippen molar-refractivity contribution in [3.05, 3.63) is 29.5 Å². The quantitative estimate of drug-likeness (QED) is 0.520. The Morgan fingerprint density at radius 1 is 1.10 bits per heavy atom. The molecule has 1 aromatic carbocycles. The van der Waals surface area contributed by atoms with Gasteiger partial charge in [-0.25, -0.2) is 9.79 Å². The maximum Gasteiger partial charge on any atom is 0.363 e. The van der Waals surface area contributed by atoms with E-state index in [4.69, 9.17) is 19.2 Å². The number of benzene rings is 1. The molecule has 0 radical (unpaired) electrons. The minimum absolute atomic E-state index is 0.00729. The van der Waals surface area contributed by atoms with Gasteiger partial charge in [0, 0.05) is 5.41 Å². The van der Waals surface area contributed by atoms with Crippen LogP contribution in [-0.4, -0.2) is 25.1 Å². The number of esters is 1. The number of ether oxygens (including phenoxy) is 3. The zero-order valence-electron chi connectivity index (χ0n) is 17.4. The SMILES string of the molecule is COc1cc(/C=C2\N=C(C34CC5CC(CC(C5)C3)C4)OC2=O)ccc1OC(C)C. The Morgan fingerprint density at radius 2 is 1.76 bits per heavy atom. The van der Waals surface area contributed by atoms with Gasteiger partial charge in [-0.05, 0) is 93.9 Å². The van der Waals surface area contributed by atoms with Crippen LogP contribution in [0.4, 0.5) is 0 Å². The molecule has 1 aliphatic heterocycles. The first kappa shape index (κ1) is 18.7. The van der Waals surface area contributed by atoms with Gasteiger partial charge in [0.1, 0.15) is 0 Å². The molecular weight excluding hydrogens is 366 g/mol. The molecule has 5 aliphatic rings. The first-order chi connectivity index (χ1) is 13.9. The van der Waals surface area contributed by atoms with E-state index in [0.717, 1.165) is 42.6 Å². The Kier molecular flexibility index (Phi) is 4.45. The summed E-state index contributed by atoms with van der Waals surface area (Å²) >= 11 is 0. The first-order valence-electron chi connectivity index (χ1n) is 10.8. The smallest absolute Gasteiger partial charge is 0.363 e. The lowest BCUT2D eigenvalue weighted by atomic mass is 9.49. The second-order valence-corrected chi connectivity index (χ2v) is 9.61. The van der Waals surface area contributed by atoms with Crippen molar-refractivity contribution in [2.24, 2.45) is 28.2 Å². The first-order valence-corrected chi connectivity index (χ1v) is 10.8. The van der Waals surface area contributed by atoms with Crippen LogP contribution in [0.15, 0.2) is 28.9 Å². The highest BCUT2D eigenvalue weighted by Crippen LogP contribution is 2.61. The molecule has 0 atom stereocenters. The van der Waals surface area contributed by atoms with E-state index >= 15 is 0 Å². The molecule has 0 amide bonds. The van der Waals surface area contributed by atoms with Gasteiger partial charge in [0.2, 0.25) is 5.90 Å². The molecule has 0 unspecified atom stereocenters. The number of carbonyl (C=O) groups is 1. The van der Waals surface area contributed by atoms with Crippen LogP contribution in [0.5, 0.6) is 11.5 Å². The van der Waals surface area contributed by atoms with E-state index in [1.165, 1.54) is 19.3 Å². The third-order valence-electron chi connectivity index (χ3n) is 6.97. The molecule has 0 spiro atoms. The van der Waals surface area contributed by atoms with Crippen LogP contribution in [0.2, 0.25) is 0 Å². The molecule has 1 heterocycles. The molecule has 5 nitrogen and oxygen atoms in total. The van der Waals surface area contributed by atoms with Gasteiger partial charge in [0.15, 0.2) is 17.2 Å². The van der Waals surface area contributed by atoms with E-state index in [-0.39, 0.29) is 17.5 Å². The maximum absolute atomic E-state index is 12.6. The van der Waals surface area contributed by atoms with Gasteiger partial charge >= 0.3 is 5.97 Å². The second-order valence-electron chi connectivity index (χ2n) is 9.61. The monoisotopic (exact) mass is 395 g/mol. The van der Waals surface area contributed by atoms with Crippen molar-refractivity contribution in [2.75, 3.05) is 7.11 Å². The van der Waals surface area contributed by atoms with Crippen LogP contribution in [0.3, 0.4) is 0 Å². The molecule has 6 rings (SSSR count). The third kappa shape index (κ3) is 3.34. The Balaban J connectivity index is 1.42. The molecule has 4 saturated carbocycles. The normalized spacial score (nSPS) is 33.9. The molecule has 154 valence electrons. The zero-order chi connectivity index (χ0) is 20.2. The predicted molar refractivity (Wildman–Crippen MR) is 111 cm³/mol. The molecule has 0 aromatic heterocycles. The largest absolute Gasteiger partial charge is 0.493 e. The highest BCUT2D eigenvalue weighted by atomic mass is 16.6. The number of cyclic esters (lactones) is 1. The van der Waals surface area contributed by atoms with Crippen molar-refractivity contribution in [3.8, 4) is 11.5 Å². The van der Waals surface area contributed by atoms with Gasteiger partial charge in [0.05, 0.1) is 13.2 Å². The van der Waals surface area contributed by atoms with Crippen LogP contribution in [-0.2, 0) is 9.53 Å². The fourth-order valence-corrected chi connectivity index (χ4v) is 6.29. The molecule has 4 fully saturated rings. The number of rotatable bonds is 5.